The van der Waals surface area contributed by atoms with E-state index in [2.05, 4.69) is 11.9 Å². The number of hydrogen-bond acceptors (Lipinski definition) is 4. The number of hydrogen-bond donors (Lipinski definition) is 0. The molecule has 0 aliphatic carbocycles. The number of nitrogens with zero attached hydrogens (tertiary/aromatic N) is 1. The van der Waals surface area contributed by atoms with E-state index in [9.17, 15) is 4.79 Å². The predicted molar refractivity (Wildman–Crippen MR) is 63.7 cm³/mol. The Morgan fingerprint density at radius 1 is 1.25 bits per heavy atom. The second-order valence-electron chi connectivity index (χ2n) is 3.38. The van der Waals surface area contributed by atoms with Gasteiger partial charge in [-0.15, -0.1) is 11.3 Å². The number of carbonyl (C=O) groups excluding carboxylic acids is 1. The molecule has 0 saturated heterocycles. The summed E-state index contributed by atoms with van der Waals surface area (Å²) >= 11 is 1.68. The Labute approximate surface area is 97.7 Å². The Hall–Kier alpha value is -1.68. The minimum Gasteiger partial charge on any atom is -0.429 e. The quantitative estimate of drug-likeness (QED) is 0.765. The monoisotopic (exact) mass is 233 g/mol. The van der Waals surface area contributed by atoms with Crippen molar-refractivity contribution >= 4 is 17.8 Å². The van der Waals surface area contributed by atoms with Gasteiger partial charge in [0.05, 0.1) is 10.7 Å². The fourth-order valence-corrected chi connectivity index (χ4v) is 2.38. The third-order valence-electron chi connectivity index (χ3n) is 2.22. The Morgan fingerprint density at radius 3 is 2.44 bits per heavy atom. The van der Waals surface area contributed by atoms with E-state index in [4.69, 9.17) is 4.74 Å². The van der Waals surface area contributed by atoms with Gasteiger partial charge in [0, 0.05) is 10.4 Å². The van der Waals surface area contributed by atoms with Crippen molar-refractivity contribution in [1.29, 1.82) is 0 Å². The van der Waals surface area contributed by atoms with E-state index in [1.54, 1.807) is 23.5 Å². The van der Waals surface area contributed by atoms with Crippen molar-refractivity contribution in [3.05, 3.63) is 34.2 Å². The average Bonchev–Trinajstić information content (AvgIpc) is 2.59. The molecule has 0 fully saturated rings. The highest BCUT2D eigenvalue weighted by molar-refractivity contribution is 7.11. The minimum atomic E-state index is 0.424. The van der Waals surface area contributed by atoms with Gasteiger partial charge in [-0.1, -0.05) is 0 Å². The summed E-state index contributed by atoms with van der Waals surface area (Å²) in [4.78, 5) is 15.8. The topological polar surface area (TPSA) is 39.2 Å². The molecule has 0 bridgehead atoms. The van der Waals surface area contributed by atoms with Crippen molar-refractivity contribution in [3.8, 4) is 17.0 Å². The number of carbonyl (C=O) groups is 1. The number of benzene rings is 1. The van der Waals surface area contributed by atoms with Gasteiger partial charge in [0.1, 0.15) is 5.75 Å². The molecule has 1 aromatic heterocycles. The molecule has 0 radical (unpaired) electrons. The van der Waals surface area contributed by atoms with Gasteiger partial charge in [0.25, 0.3) is 6.47 Å². The maximum absolute atomic E-state index is 10.2. The first kappa shape index (κ1) is 10.8. The van der Waals surface area contributed by atoms with Crippen molar-refractivity contribution in [1.82, 2.24) is 4.98 Å². The fraction of sp³-hybridized carbons (Fsp3) is 0.167. The highest BCUT2D eigenvalue weighted by atomic mass is 32.1. The summed E-state index contributed by atoms with van der Waals surface area (Å²) in [6, 6.07) is 7.33. The van der Waals surface area contributed by atoms with Gasteiger partial charge in [-0.25, -0.2) is 4.98 Å². The second-order valence-corrected chi connectivity index (χ2v) is 4.78. The Balaban J connectivity index is 2.34. The van der Waals surface area contributed by atoms with Crippen LogP contribution in [0.3, 0.4) is 0 Å². The lowest BCUT2D eigenvalue weighted by Crippen LogP contribution is -1.88. The molecule has 3 nitrogen and oxygen atoms in total. The largest absolute Gasteiger partial charge is 0.429 e. The lowest BCUT2D eigenvalue weighted by molar-refractivity contribution is -0.120. The second kappa shape index (κ2) is 4.45. The third kappa shape index (κ3) is 2.12. The summed E-state index contributed by atoms with van der Waals surface area (Å²) in [5.74, 6) is 0.545. The maximum atomic E-state index is 10.2. The number of thiazole rings is 1. The Kier molecular flexibility index (Phi) is 3.01. The van der Waals surface area contributed by atoms with Crippen LogP contribution in [0.2, 0.25) is 0 Å². The van der Waals surface area contributed by atoms with Crippen molar-refractivity contribution in [2.45, 2.75) is 13.8 Å². The summed E-state index contributed by atoms with van der Waals surface area (Å²) in [7, 11) is 0. The van der Waals surface area contributed by atoms with Gasteiger partial charge >= 0.3 is 0 Å². The van der Waals surface area contributed by atoms with Crippen LogP contribution in [0.1, 0.15) is 9.88 Å². The number of aromatic nitrogens is 1. The third-order valence-corrected chi connectivity index (χ3v) is 3.10. The summed E-state index contributed by atoms with van der Waals surface area (Å²) in [5.41, 5.74) is 2.04. The highest BCUT2D eigenvalue weighted by Gasteiger charge is 2.07. The molecule has 4 heteroatoms. The molecule has 1 aromatic carbocycles. The zero-order chi connectivity index (χ0) is 11.5. The van der Waals surface area contributed by atoms with Crippen LogP contribution in [0, 0.1) is 13.8 Å². The molecule has 2 aromatic rings. The standard InChI is InChI=1S/C12H11NO2S/c1-8-12(13-9(2)16-8)10-3-5-11(6-4-10)15-7-14/h3-7H,1-2H3. The highest BCUT2D eigenvalue weighted by Crippen LogP contribution is 2.28. The SMILES string of the molecule is Cc1nc(-c2ccc(OC=O)cc2)c(C)s1. The lowest BCUT2D eigenvalue weighted by atomic mass is 10.1. The first-order chi connectivity index (χ1) is 7.70. The fourth-order valence-electron chi connectivity index (χ4n) is 1.54. The van der Waals surface area contributed by atoms with Gasteiger partial charge in [-0.2, -0.15) is 0 Å². The lowest BCUT2D eigenvalue weighted by Gasteiger charge is -2.00. The molecule has 0 amide bonds. The van der Waals surface area contributed by atoms with Gasteiger partial charge < -0.3 is 4.74 Å². The van der Waals surface area contributed by atoms with E-state index in [0.29, 0.717) is 12.2 Å². The smallest absolute Gasteiger partial charge is 0.298 e. The molecular weight excluding hydrogens is 222 g/mol. The van der Waals surface area contributed by atoms with Crippen molar-refractivity contribution in [2.24, 2.45) is 0 Å². The number of ether oxygens (including phenoxy) is 1. The van der Waals surface area contributed by atoms with Gasteiger partial charge in [0.15, 0.2) is 0 Å². The van der Waals surface area contributed by atoms with E-state index in [1.165, 1.54) is 4.88 Å². The average molecular weight is 233 g/mol. The van der Waals surface area contributed by atoms with Crippen molar-refractivity contribution < 1.29 is 9.53 Å². The molecule has 82 valence electrons. The molecule has 1 heterocycles. The minimum absolute atomic E-state index is 0.424. The van der Waals surface area contributed by atoms with E-state index in [-0.39, 0.29) is 0 Å². The van der Waals surface area contributed by atoms with E-state index < -0.39 is 0 Å². The predicted octanol–water partition coefficient (Wildman–Crippen LogP) is 2.96. The summed E-state index contributed by atoms with van der Waals surface area (Å²) < 4.78 is 4.73. The molecule has 0 unspecified atom stereocenters. The molecule has 0 aliphatic heterocycles. The molecule has 2 rings (SSSR count). The molecule has 0 N–H and O–H groups in total. The zero-order valence-corrected chi connectivity index (χ0v) is 9.88. The van der Waals surface area contributed by atoms with Crippen LogP contribution in [0.25, 0.3) is 11.3 Å². The molecule has 0 atom stereocenters. The van der Waals surface area contributed by atoms with Crippen LogP contribution in [-0.2, 0) is 4.79 Å². The van der Waals surface area contributed by atoms with Crippen LogP contribution >= 0.6 is 11.3 Å². The van der Waals surface area contributed by atoms with Gasteiger partial charge in [-0.05, 0) is 38.1 Å². The van der Waals surface area contributed by atoms with Gasteiger partial charge in [0.2, 0.25) is 0 Å². The Morgan fingerprint density at radius 2 is 1.94 bits per heavy atom. The maximum Gasteiger partial charge on any atom is 0.298 e. The molecule has 0 spiro atoms. The molecule has 0 saturated carbocycles. The van der Waals surface area contributed by atoms with Crippen molar-refractivity contribution in [2.75, 3.05) is 0 Å². The first-order valence-corrected chi connectivity index (χ1v) is 5.67. The summed E-state index contributed by atoms with van der Waals surface area (Å²) in [6.45, 7) is 4.47. The molecule has 16 heavy (non-hydrogen) atoms. The van der Waals surface area contributed by atoms with Gasteiger partial charge in [-0.3, -0.25) is 4.79 Å². The van der Waals surface area contributed by atoms with Crippen LogP contribution in [0.4, 0.5) is 0 Å². The van der Waals surface area contributed by atoms with Crippen LogP contribution < -0.4 is 4.74 Å². The molecular formula is C12H11NO2S. The summed E-state index contributed by atoms with van der Waals surface area (Å²) in [6.07, 6.45) is 0. The van der Waals surface area contributed by atoms with Crippen LogP contribution in [0.15, 0.2) is 24.3 Å². The summed E-state index contributed by atoms with van der Waals surface area (Å²) in [5, 5.41) is 1.06. The first-order valence-electron chi connectivity index (χ1n) is 4.85. The van der Waals surface area contributed by atoms with Crippen LogP contribution in [-0.4, -0.2) is 11.5 Å². The van der Waals surface area contributed by atoms with E-state index in [1.807, 2.05) is 19.1 Å². The zero-order valence-electron chi connectivity index (χ0n) is 9.06. The van der Waals surface area contributed by atoms with Crippen LogP contribution in [0.5, 0.6) is 5.75 Å². The van der Waals surface area contributed by atoms with E-state index in [0.717, 1.165) is 16.3 Å². The van der Waals surface area contributed by atoms with Crippen molar-refractivity contribution in [3.63, 3.8) is 0 Å². The molecule has 0 aliphatic rings. The Bertz CT molecular complexity index is 502. The normalized spacial score (nSPS) is 10.1. The number of rotatable bonds is 3. The van der Waals surface area contributed by atoms with E-state index >= 15 is 0 Å². The number of aryl methyl sites for hydroxylation is 2.